The Bertz CT molecular complexity index is 259. The van der Waals surface area contributed by atoms with Gasteiger partial charge >= 0.3 is 5.38 Å². The van der Waals surface area contributed by atoms with Crippen LogP contribution in [0.4, 0.5) is 8.78 Å². The second kappa shape index (κ2) is 2.91. The number of nitrogens with zero attached hydrogens (tertiary/aromatic N) is 1. The van der Waals surface area contributed by atoms with Gasteiger partial charge in [-0.15, -0.1) is 0 Å². The summed E-state index contributed by atoms with van der Waals surface area (Å²) in [6.45, 7) is 0. The Morgan fingerprint density at radius 2 is 2.09 bits per heavy atom. The lowest BCUT2D eigenvalue weighted by Gasteiger charge is -2.07. The van der Waals surface area contributed by atoms with E-state index >= 15 is 0 Å². The number of hydrogen-bond donors (Lipinski definition) is 0. The van der Waals surface area contributed by atoms with E-state index in [1.54, 1.807) is 0 Å². The standard InChI is InChI=1S/C6H3Cl2F2N/c7-5-4(6(8,9)10)2-1-3-11-5/h1-3H. The van der Waals surface area contributed by atoms with Crippen molar-refractivity contribution in [1.82, 2.24) is 4.98 Å². The molecule has 0 amide bonds. The molecule has 0 aliphatic heterocycles. The Balaban J connectivity index is 3.14. The number of alkyl halides is 3. The van der Waals surface area contributed by atoms with E-state index in [1.807, 2.05) is 0 Å². The quantitative estimate of drug-likeness (QED) is 0.499. The predicted octanol–water partition coefficient (Wildman–Crippen LogP) is 3.02. The first kappa shape index (κ1) is 8.68. The van der Waals surface area contributed by atoms with Crippen molar-refractivity contribution in [2.45, 2.75) is 5.38 Å². The van der Waals surface area contributed by atoms with Crippen LogP contribution >= 0.6 is 23.2 Å². The van der Waals surface area contributed by atoms with Crippen molar-refractivity contribution in [3.8, 4) is 0 Å². The monoisotopic (exact) mass is 197 g/mol. The fraction of sp³-hybridized carbons (Fsp3) is 0.167. The number of pyridine rings is 1. The molecule has 0 aromatic carbocycles. The molecule has 11 heavy (non-hydrogen) atoms. The lowest BCUT2D eigenvalue weighted by Crippen LogP contribution is -2.04. The largest absolute Gasteiger partial charge is 0.351 e. The molecule has 60 valence electrons. The number of halogens is 4. The molecule has 1 aromatic rings. The number of rotatable bonds is 1. The van der Waals surface area contributed by atoms with Crippen LogP contribution in [0.5, 0.6) is 0 Å². The first-order valence-electron chi connectivity index (χ1n) is 2.69. The summed E-state index contributed by atoms with van der Waals surface area (Å²) in [7, 11) is 0. The van der Waals surface area contributed by atoms with Crippen molar-refractivity contribution in [3.05, 3.63) is 29.0 Å². The first-order chi connectivity index (χ1) is 5.02. The molecule has 1 heterocycles. The average Bonchev–Trinajstić information content (AvgIpc) is 1.86. The maximum atomic E-state index is 12.4. The summed E-state index contributed by atoms with van der Waals surface area (Å²) in [6.07, 6.45) is 1.31. The van der Waals surface area contributed by atoms with Crippen LogP contribution in [-0.2, 0) is 5.38 Å². The summed E-state index contributed by atoms with van der Waals surface area (Å²) >= 11 is 10.0. The van der Waals surface area contributed by atoms with Crippen LogP contribution in [0, 0.1) is 0 Å². The van der Waals surface area contributed by atoms with Crippen molar-refractivity contribution in [2.75, 3.05) is 0 Å². The highest BCUT2D eigenvalue weighted by molar-refractivity contribution is 6.31. The van der Waals surface area contributed by atoms with Gasteiger partial charge in [0.05, 0.1) is 5.56 Å². The minimum atomic E-state index is -3.44. The molecule has 0 radical (unpaired) electrons. The van der Waals surface area contributed by atoms with Crippen LogP contribution in [-0.4, -0.2) is 4.98 Å². The zero-order chi connectivity index (χ0) is 8.48. The molecule has 0 atom stereocenters. The molecular weight excluding hydrogens is 195 g/mol. The molecule has 0 N–H and O–H groups in total. The molecule has 0 unspecified atom stereocenters. The highest BCUT2D eigenvalue weighted by atomic mass is 35.5. The molecular formula is C6H3Cl2F2N. The molecule has 0 saturated carbocycles. The van der Waals surface area contributed by atoms with Crippen molar-refractivity contribution >= 4 is 23.2 Å². The third kappa shape index (κ3) is 2.01. The van der Waals surface area contributed by atoms with E-state index in [9.17, 15) is 8.78 Å². The molecule has 0 saturated heterocycles. The lowest BCUT2D eigenvalue weighted by atomic mass is 10.3. The molecule has 1 rings (SSSR count). The average molecular weight is 198 g/mol. The van der Waals surface area contributed by atoms with Crippen LogP contribution < -0.4 is 0 Å². The summed E-state index contributed by atoms with van der Waals surface area (Å²) in [5.41, 5.74) is -0.469. The van der Waals surface area contributed by atoms with E-state index < -0.39 is 10.9 Å². The lowest BCUT2D eigenvalue weighted by molar-refractivity contribution is 0.0948. The third-order valence-electron chi connectivity index (χ3n) is 1.06. The van der Waals surface area contributed by atoms with Gasteiger partial charge in [0, 0.05) is 6.20 Å². The smallest absolute Gasteiger partial charge is 0.244 e. The molecule has 0 spiro atoms. The molecule has 5 heteroatoms. The second-order valence-corrected chi connectivity index (χ2v) is 2.67. The zero-order valence-electron chi connectivity index (χ0n) is 5.19. The van der Waals surface area contributed by atoms with E-state index in [2.05, 4.69) is 4.98 Å². The summed E-state index contributed by atoms with van der Waals surface area (Å²) in [4.78, 5) is 3.45. The van der Waals surface area contributed by atoms with Gasteiger partial charge in [0.25, 0.3) is 0 Å². The fourth-order valence-electron chi connectivity index (χ4n) is 0.597. The van der Waals surface area contributed by atoms with Gasteiger partial charge in [0.2, 0.25) is 0 Å². The molecule has 0 aliphatic rings. The minimum absolute atomic E-state index is 0.271. The maximum absolute atomic E-state index is 12.4. The Morgan fingerprint density at radius 3 is 2.45 bits per heavy atom. The Morgan fingerprint density at radius 1 is 1.45 bits per heavy atom. The summed E-state index contributed by atoms with van der Waals surface area (Å²) < 4.78 is 24.7. The number of hydrogen-bond acceptors (Lipinski definition) is 1. The molecule has 0 aliphatic carbocycles. The summed E-state index contributed by atoms with van der Waals surface area (Å²) in [6, 6.07) is 2.47. The highest BCUT2D eigenvalue weighted by Gasteiger charge is 2.30. The Kier molecular flexibility index (Phi) is 2.30. The molecule has 0 bridgehead atoms. The van der Waals surface area contributed by atoms with Crippen LogP contribution in [0.1, 0.15) is 5.56 Å². The SMILES string of the molecule is FC(F)(Cl)c1cccnc1Cl. The van der Waals surface area contributed by atoms with E-state index in [0.717, 1.165) is 6.07 Å². The van der Waals surface area contributed by atoms with Gasteiger partial charge in [-0.25, -0.2) is 4.98 Å². The summed E-state index contributed by atoms with van der Waals surface area (Å²) in [5.74, 6) is 0. The normalized spacial score (nSPS) is 11.6. The number of aromatic nitrogens is 1. The van der Waals surface area contributed by atoms with Crippen LogP contribution in [0.3, 0.4) is 0 Å². The zero-order valence-corrected chi connectivity index (χ0v) is 6.70. The molecule has 1 aromatic heterocycles. The van der Waals surface area contributed by atoms with Gasteiger partial charge in [-0.05, 0) is 23.7 Å². The van der Waals surface area contributed by atoms with Gasteiger partial charge in [-0.3, -0.25) is 0 Å². The highest BCUT2D eigenvalue weighted by Crippen LogP contribution is 2.35. The fourth-order valence-corrected chi connectivity index (χ4v) is 1.04. The van der Waals surface area contributed by atoms with E-state index in [0.29, 0.717) is 0 Å². The van der Waals surface area contributed by atoms with Crippen molar-refractivity contribution < 1.29 is 8.78 Å². The minimum Gasteiger partial charge on any atom is -0.244 e. The maximum Gasteiger partial charge on any atom is 0.351 e. The van der Waals surface area contributed by atoms with Crippen LogP contribution in [0.15, 0.2) is 18.3 Å². The predicted molar refractivity (Wildman–Crippen MR) is 39.0 cm³/mol. The summed E-state index contributed by atoms with van der Waals surface area (Å²) in [5, 5.41) is -3.71. The topological polar surface area (TPSA) is 12.9 Å². The van der Waals surface area contributed by atoms with Crippen molar-refractivity contribution in [3.63, 3.8) is 0 Å². The third-order valence-corrected chi connectivity index (χ3v) is 1.57. The molecule has 1 nitrogen and oxygen atoms in total. The second-order valence-electron chi connectivity index (χ2n) is 1.84. The Hall–Kier alpha value is -0.410. The van der Waals surface area contributed by atoms with Crippen LogP contribution in [0.25, 0.3) is 0 Å². The van der Waals surface area contributed by atoms with Crippen molar-refractivity contribution in [1.29, 1.82) is 0 Å². The molecule has 0 fully saturated rings. The van der Waals surface area contributed by atoms with Gasteiger partial charge in [0.1, 0.15) is 5.15 Å². The van der Waals surface area contributed by atoms with Gasteiger partial charge in [-0.2, -0.15) is 8.78 Å². The van der Waals surface area contributed by atoms with E-state index in [4.69, 9.17) is 23.2 Å². The first-order valence-corrected chi connectivity index (χ1v) is 3.45. The van der Waals surface area contributed by atoms with E-state index in [-0.39, 0.29) is 5.15 Å². The Labute approximate surface area is 72.0 Å². The van der Waals surface area contributed by atoms with Gasteiger partial charge in [-0.1, -0.05) is 11.6 Å². The van der Waals surface area contributed by atoms with E-state index in [1.165, 1.54) is 12.3 Å². The van der Waals surface area contributed by atoms with Gasteiger partial charge < -0.3 is 0 Å². The van der Waals surface area contributed by atoms with Gasteiger partial charge in [0.15, 0.2) is 0 Å². The van der Waals surface area contributed by atoms with Crippen LogP contribution in [0.2, 0.25) is 5.15 Å². The van der Waals surface area contributed by atoms with Crippen molar-refractivity contribution in [2.24, 2.45) is 0 Å².